The molecule has 0 saturated heterocycles. The Bertz CT molecular complexity index is 76.1. The van der Waals surface area contributed by atoms with Gasteiger partial charge in [-0.2, -0.15) is 0 Å². The van der Waals surface area contributed by atoms with Gasteiger partial charge in [-0.25, -0.2) is 0 Å². The summed E-state index contributed by atoms with van der Waals surface area (Å²) in [5.74, 6) is 0. The fraction of sp³-hybridized carbons (Fsp3) is 0. The predicted octanol–water partition coefficient (Wildman–Crippen LogP) is -2.59. The average Bonchev–Trinajstić information content (AvgIpc) is 1.72. The Morgan fingerprint density at radius 3 is 0.714 bits per heavy atom. The van der Waals surface area contributed by atoms with E-state index in [0.717, 1.165) is 0 Å². The second-order valence-corrected chi connectivity index (χ2v) is 0.537. The molecule has 0 spiro atoms. The monoisotopic (exact) mass is 124 g/mol. The molecule has 0 aliphatic carbocycles. The number of rotatable bonds is 0. The van der Waals surface area contributed by atoms with Crippen LogP contribution in [0, 0.1) is 0 Å². The molecule has 0 aromatic carbocycles. The SMILES string of the molecule is [KH].n1nnnnn1. The normalized spacial score (nSPS) is 6.86. The Balaban J connectivity index is 0.000000360. The van der Waals surface area contributed by atoms with Gasteiger partial charge in [0.1, 0.15) is 0 Å². The van der Waals surface area contributed by atoms with Crippen molar-refractivity contribution in [3.63, 3.8) is 0 Å². The molecule has 1 rings (SSSR count). The molecule has 0 unspecified atom stereocenters. The topological polar surface area (TPSA) is 77.3 Å². The Hall–Kier alpha value is 0.436. The van der Waals surface area contributed by atoms with Gasteiger partial charge in [-0.05, 0) is 0 Å². The first-order valence-corrected chi connectivity index (χ1v) is 1.20. The maximum Gasteiger partial charge on any atom is 0 e. The van der Waals surface area contributed by atoms with E-state index in [9.17, 15) is 0 Å². The quantitative estimate of drug-likeness (QED) is 0.353. The van der Waals surface area contributed by atoms with E-state index in [1.54, 1.807) is 0 Å². The van der Waals surface area contributed by atoms with Crippen molar-refractivity contribution in [2.45, 2.75) is 0 Å². The summed E-state index contributed by atoms with van der Waals surface area (Å²) in [6.07, 6.45) is 0. The molecule has 0 N–H and O–H groups in total. The first kappa shape index (κ1) is 7.44. The molecule has 0 bridgehead atoms. The first-order chi connectivity index (χ1) is 3.00. The Kier molecular flexibility index (Phi) is 4.88. The second kappa shape index (κ2) is 4.59. The van der Waals surface area contributed by atoms with Crippen LogP contribution in [0.1, 0.15) is 0 Å². The van der Waals surface area contributed by atoms with Gasteiger partial charge in [-0.1, -0.05) is 0 Å². The summed E-state index contributed by atoms with van der Waals surface area (Å²) in [5.41, 5.74) is 0. The summed E-state index contributed by atoms with van der Waals surface area (Å²) in [6.45, 7) is 0. The fourth-order valence-electron chi connectivity index (χ4n) is 0.107. The van der Waals surface area contributed by atoms with Crippen molar-refractivity contribution in [2.75, 3.05) is 0 Å². The Morgan fingerprint density at radius 1 is 0.429 bits per heavy atom. The van der Waals surface area contributed by atoms with Gasteiger partial charge < -0.3 is 0 Å². The Morgan fingerprint density at radius 2 is 0.571 bits per heavy atom. The molecule has 6 nitrogen and oxygen atoms in total. The van der Waals surface area contributed by atoms with Crippen LogP contribution in [0.3, 0.4) is 0 Å². The van der Waals surface area contributed by atoms with Crippen LogP contribution in [0.5, 0.6) is 0 Å². The molecule has 7 heavy (non-hydrogen) atoms. The fourth-order valence-corrected chi connectivity index (χ4v) is 0.107. The van der Waals surface area contributed by atoms with Crippen LogP contribution < -0.4 is 0 Å². The third-order valence-electron chi connectivity index (χ3n) is 0.240. The van der Waals surface area contributed by atoms with Gasteiger partial charge >= 0.3 is 51.4 Å². The molecule has 0 fully saturated rings. The van der Waals surface area contributed by atoms with E-state index in [-0.39, 0.29) is 51.4 Å². The van der Waals surface area contributed by atoms with E-state index in [1.165, 1.54) is 0 Å². The van der Waals surface area contributed by atoms with E-state index in [4.69, 9.17) is 0 Å². The van der Waals surface area contributed by atoms with Gasteiger partial charge in [-0.3, -0.25) is 0 Å². The van der Waals surface area contributed by atoms with Crippen LogP contribution in [0.15, 0.2) is 0 Å². The number of aromatic nitrogens is 6. The molecule has 0 saturated carbocycles. The van der Waals surface area contributed by atoms with Crippen LogP contribution in [0.25, 0.3) is 0 Å². The van der Waals surface area contributed by atoms with Gasteiger partial charge in [0.05, 0.1) is 0 Å². The van der Waals surface area contributed by atoms with E-state index in [1.807, 2.05) is 0 Å². The van der Waals surface area contributed by atoms with E-state index in [2.05, 4.69) is 31.3 Å². The van der Waals surface area contributed by atoms with Crippen molar-refractivity contribution in [1.82, 2.24) is 31.3 Å². The van der Waals surface area contributed by atoms with E-state index in [0.29, 0.717) is 0 Å². The van der Waals surface area contributed by atoms with E-state index >= 15 is 0 Å². The average molecular weight is 124 g/mol. The largest absolute Gasteiger partial charge is 0 e. The zero-order valence-electron chi connectivity index (χ0n) is 2.68. The summed E-state index contributed by atoms with van der Waals surface area (Å²) < 4.78 is 0. The molecule has 1 heterocycles. The van der Waals surface area contributed by atoms with Gasteiger partial charge in [-0.15, -0.1) is 0 Å². The van der Waals surface area contributed by atoms with Gasteiger partial charge in [0.25, 0.3) is 0 Å². The minimum absolute atomic E-state index is 0. The molecule has 0 atom stereocenters. The Labute approximate surface area is 81.5 Å². The van der Waals surface area contributed by atoms with Crippen LogP contribution in [0.2, 0.25) is 0 Å². The van der Waals surface area contributed by atoms with Crippen molar-refractivity contribution in [2.24, 2.45) is 0 Å². The van der Waals surface area contributed by atoms with Crippen LogP contribution >= 0.6 is 0 Å². The minimum Gasteiger partial charge on any atom is 0 e. The van der Waals surface area contributed by atoms with Crippen molar-refractivity contribution in [1.29, 1.82) is 0 Å². The summed E-state index contributed by atoms with van der Waals surface area (Å²) in [4.78, 5) is 0. The van der Waals surface area contributed by atoms with Crippen molar-refractivity contribution in [3.8, 4) is 0 Å². The van der Waals surface area contributed by atoms with Gasteiger partial charge in [0.15, 0.2) is 0 Å². The standard InChI is InChI=1S/K.N6.H/c;1-2-4-6-5-3-1;. The maximum atomic E-state index is 3.00. The number of hydrogen-bond donors (Lipinski definition) is 0. The number of hydrogen-bond acceptors (Lipinski definition) is 6. The molecule has 0 aliphatic rings. The second-order valence-electron chi connectivity index (χ2n) is 0.537. The molecule has 32 valence electrons. The first-order valence-electron chi connectivity index (χ1n) is 1.20. The summed E-state index contributed by atoms with van der Waals surface area (Å²) in [7, 11) is 0. The molecule has 0 amide bonds. The van der Waals surface area contributed by atoms with Crippen LogP contribution in [-0.4, -0.2) is 82.7 Å². The molecule has 0 radical (unpaired) electrons. The molecule has 1 aromatic heterocycles. The van der Waals surface area contributed by atoms with Crippen LogP contribution in [0.4, 0.5) is 0 Å². The zero-order valence-corrected chi connectivity index (χ0v) is 2.68. The molecule has 7 heteroatoms. The van der Waals surface area contributed by atoms with Crippen LogP contribution in [-0.2, 0) is 0 Å². The van der Waals surface area contributed by atoms with Gasteiger partial charge in [0.2, 0.25) is 0 Å². The molecule has 0 aliphatic heterocycles. The summed E-state index contributed by atoms with van der Waals surface area (Å²) in [5, 5.41) is 18.0. The summed E-state index contributed by atoms with van der Waals surface area (Å²) in [6, 6.07) is 0. The van der Waals surface area contributed by atoms with Crippen molar-refractivity contribution < 1.29 is 0 Å². The minimum atomic E-state index is 0. The molecule has 1 aromatic rings. The maximum absolute atomic E-state index is 3.00. The number of nitrogens with zero attached hydrogens (tertiary/aromatic N) is 6. The van der Waals surface area contributed by atoms with E-state index < -0.39 is 0 Å². The smallest absolute Gasteiger partial charge is 0 e. The predicted molar refractivity (Wildman–Crippen MR) is 20.4 cm³/mol. The van der Waals surface area contributed by atoms with Crippen molar-refractivity contribution in [3.05, 3.63) is 0 Å². The van der Waals surface area contributed by atoms with Crippen molar-refractivity contribution >= 4 is 51.4 Å². The van der Waals surface area contributed by atoms with Gasteiger partial charge in [0, 0.05) is 31.3 Å². The molecular weight excluding hydrogens is 123 g/mol. The third kappa shape index (κ3) is 3.06. The summed E-state index contributed by atoms with van der Waals surface area (Å²) >= 11 is 0. The zero-order chi connectivity index (χ0) is 4.24. The molecular formula is HKN6. The third-order valence-corrected chi connectivity index (χ3v) is 0.240.